The molecule has 22 heavy (non-hydrogen) atoms. The Hall–Kier alpha value is -2.37. The fourth-order valence-electron chi connectivity index (χ4n) is 2.52. The van der Waals surface area contributed by atoms with Crippen molar-refractivity contribution < 1.29 is 0 Å². The van der Waals surface area contributed by atoms with Crippen molar-refractivity contribution in [2.75, 3.05) is 25.0 Å². The topological polar surface area (TPSA) is 67.1 Å². The molecule has 0 saturated heterocycles. The molecular weight excluding hydrogens is 276 g/mol. The first-order chi connectivity index (χ1) is 10.9. The summed E-state index contributed by atoms with van der Waals surface area (Å²) < 4.78 is 1.98. The quantitative estimate of drug-likeness (QED) is 0.822. The maximum atomic E-state index is 4.45. The predicted octanol–water partition coefficient (Wildman–Crippen LogP) is 2.16. The summed E-state index contributed by atoms with van der Waals surface area (Å²) in [6.45, 7) is 5.59. The zero-order valence-corrected chi connectivity index (χ0v) is 12.9. The van der Waals surface area contributed by atoms with Gasteiger partial charge < -0.3 is 10.6 Å². The van der Waals surface area contributed by atoms with Crippen molar-refractivity contribution in [3.05, 3.63) is 30.6 Å². The molecule has 0 fully saturated rings. The summed E-state index contributed by atoms with van der Waals surface area (Å²) in [5.74, 6) is 1.93. The largest absolute Gasteiger partial charge is 0.377 e. The lowest BCUT2D eigenvalue weighted by Crippen LogP contribution is -2.26. The Balaban J connectivity index is 1.80. The molecule has 2 heterocycles. The maximum Gasteiger partial charge on any atom is 0.160 e. The van der Waals surface area contributed by atoms with Gasteiger partial charge in [0.25, 0.3) is 0 Å². The standard InChI is InChI=1S/C16H22N6/c1-2-3-10-22-16(20-12-21-22)13-6-4-5-7-14(13)19-11-15-17-8-9-18-15/h4-7,12,19H,2-3,8-11H2,1H3,(H,17,18). The second kappa shape index (κ2) is 7.06. The maximum absolute atomic E-state index is 4.45. The molecule has 0 unspecified atom stereocenters. The van der Waals surface area contributed by atoms with Crippen molar-refractivity contribution in [2.45, 2.75) is 26.3 Å². The highest BCUT2D eigenvalue weighted by atomic mass is 15.3. The van der Waals surface area contributed by atoms with Gasteiger partial charge in [0, 0.05) is 24.3 Å². The molecule has 1 aliphatic rings. The number of amidine groups is 1. The Morgan fingerprint density at radius 1 is 1.32 bits per heavy atom. The lowest BCUT2D eigenvalue weighted by molar-refractivity contribution is 0.576. The van der Waals surface area contributed by atoms with Gasteiger partial charge in [0.1, 0.15) is 12.2 Å². The van der Waals surface area contributed by atoms with Crippen LogP contribution in [-0.2, 0) is 6.54 Å². The molecule has 0 saturated carbocycles. The first kappa shape index (κ1) is 14.6. The van der Waals surface area contributed by atoms with Crippen molar-refractivity contribution >= 4 is 11.5 Å². The van der Waals surface area contributed by atoms with E-state index in [-0.39, 0.29) is 0 Å². The third-order valence-electron chi connectivity index (χ3n) is 3.70. The Labute approximate surface area is 130 Å². The third kappa shape index (κ3) is 3.27. The molecule has 0 aliphatic carbocycles. The van der Waals surface area contributed by atoms with Gasteiger partial charge in [0.15, 0.2) is 5.82 Å². The van der Waals surface area contributed by atoms with Gasteiger partial charge in [-0.3, -0.25) is 4.99 Å². The van der Waals surface area contributed by atoms with E-state index in [1.54, 1.807) is 6.33 Å². The van der Waals surface area contributed by atoms with Crippen molar-refractivity contribution in [3.8, 4) is 11.4 Å². The molecule has 0 amide bonds. The van der Waals surface area contributed by atoms with Crippen molar-refractivity contribution in [2.24, 2.45) is 4.99 Å². The second-order valence-electron chi connectivity index (χ2n) is 5.31. The van der Waals surface area contributed by atoms with Gasteiger partial charge in [-0.15, -0.1) is 0 Å². The van der Waals surface area contributed by atoms with Crippen LogP contribution in [0.4, 0.5) is 5.69 Å². The summed E-state index contributed by atoms with van der Waals surface area (Å²) in [7, 11) is 0. The number of nitrogens with zero attached hydrogens (tertiary/aromatic N) is 4. The van der Waals surface area contributed by atoms with Gasteiger partial charge in [-0.25, -0.2) is 9.67 Å². The molecule has 2 N–H and O–H groups in total. The predicted molar refractivity (Wildman–Crippen MR) is 89.2 cm³/mol. The van der Waals surface area contributed by atoms with E-state index < -0.39 is 0 Å². The van der Waals surface area contributed by atoms with Gasteiger partial charge in [0.2, 0.25) is 0 Å². The number of anilines is 1. The number of para-hydroxylation sites is 1. The molecule has 0 bridgehead atoms. The summed E-state index contributed by atoms with van der Waals surface area (Å²) in [5.41, 5.74) is 2.14. The first-order valence-electron chi connectivity index (χ1n) is 7.86. The number of aliphatic imine (C=N–C) groups is 1. The molecule has 1 aromatic carbocycles. The minimum atomic E-state index is 0.708. The van der Waals surface area contributed by atoms with E-state index in [0.717, 1.165) is 55.4 Å². The number of hydrogen-bond acceptors (Lipinski definition) is 5. The Morgan fingerprint density at radius 3 is 3.05 bits per heavy atom. The van der Waals surface area contributed by atoms with Gasteiger partial charge in [-0.05, 0) is 18.6 Å². The van der Waals surface area contributed by atoms with E-state index in [4.69, 9.17) is 0 Å². The number of aromatic nitrogens is 3. The van der Waals surface area contributed by atoms with Crippen LogP contribution in [0.25, 0.3) is 11.4 Å². The number of rotatable bonds is 7. The summed E-state index contributed by atoms with van der Waals surface area (Å²) in [6, 6.07) is 8.22. The molecule has 2 aromatic rings. The Morgan fingerprint density at radius 2 is 2.23 bits per heavy atom. The van der Waals surface area contributed by atoms with Crippen LogP contribution >= 0.6 is 0 Å². The van der Waals surface area contributed by atoms with Crippen LogP contribution in [-0.4, -0.2) is 40.2 Å². The highest BCUT2D eigenvalue weighted by Gasteiger charge is 2.12. The molecular formula is C16H22N6. The SMILES string of the molecule is CCCCn1ncnc1-c1ccccc1NCC1=NCCN1. The van der Waals surface area contributed by atoms with Crippen LogP contribution in [0.5, 0.6) is 0 Å². The van der Waals surface area contributed by atoms with Crippen LogP contribution in [0.2, 0.25) is 0 Å². The molecule has 116 valence electrons. The number of aryl methyl sites for hydroxylation is 1. The van der Waals surface area contributed by atoms with E-state index in [9.17, 15) is 0 Å². The van der Waals surface area contributed by atoms with E-state index >= 15 is 0 Å². The highest BCUT2D eigenvalue weighted by Crippen LogP contribution is 2.26. The number of nitrogens with one attached hydrogen (secondary N) is 2. The first-order valence-corrected chi connectivity index (χ1v) is 7.86. The molecule has 1 aliphatic heterocycles. The van der Waals surface area contributed by atoms with Gasteiger partial charge in [-0.2, -0.15) is 5.10 Å². The molecule has 0 atom stereocenters. The average molecular weight is 298 g/mol. The average Bonchev–Trinajstić information content (AvgIpc) is 3.22. The van der Waals surface area contributed by atoms with Crippen LogP contribution in [0, 0.1) is 0 Å². The summed E-state index contributed by atoms with van der Waals surface area (Å²) in [5, 5.41) is 11.1. The zero-order chi connectivity index (χ0) is 15.2. The van der Waals surface area contributed by atoms with Crippen LogP contribution in [0.3, 0.4) is 0 Å². The van der Waals surface area contributed by atoms with E-state index in [0.29, 0.717) is 6.54 Å². The Bertz CT molecular complexity index is 646. The third-order valence-corrected chi connectivity index (χ3v) is 3.70. The summed E-state index contributed by atoms with van der Waals surface area (Å²) in [4.78, 5) is 8.86. The summed E-state index contributed by atoms with van der Waals surface area (Å²) in [6.07, 6.45) is 3.88. The number of unbranched alkanes of at least 4 members (excludes halogenated alkanes) is 1. The van der Waals surface area contributed by atoms with Gasteiger partial charge >= 0.3 is 0 Å². The smallest absolute Gasteiger partial charge is 0.160 e. The van der Waals surface area contributed by atoms with Crippen molar-refractivity contribution in [3.63, 3.8) is 0 Å². The second-order valence-corrected chi connectivity index (χ2v) is 5.31. The molecule has 6 heteroatoms. The summed E-state index contributed by atoms with van der Waals surface area (Å²) >= 11 is 0. The number of hydrogen-bond donors (Lipinski definition) is 2. The number of benzene rings is 1. The molecule has 1 aromatic heterocycles. The van der Waals surface area contributed by atoms with Gasteiger partial charge in [-0.1, -0.05) is 25.5 Å². The Kier molecular flexibility index (Phi) is 4.68. The molecule has 0 radical (unpaired) electrons. The zero-order valence-electron chi connectivity index (χ0n) is 12.9. The normalized spacial score (nSPS) is 13.8. The highest BCUT2D eigenvalue weighted by molar-refractivity contribution is 5.88. The fourth-order valence-corrected chi connectivity index (χ4v) is 2.52. The molecule has 0 spiro atoms. The van der Waals surface area contributed by atoms with Crippen LogP contribution in [0.1, 0.15) is 19.8 Å². The van der Waals surface area contributed by atoms with Crippen molar-refractivity contribution in [1.82, 2.24) is 20.1 Å². The van der Waals surface area contributed by atoms with Crippen LogP contribution < -0.4 is 10.6 Å². The van der Waals surface area contributed by atoms with Crippen LogP contribution in [0.15, 0.2) is 35.6 Å². The van der Waals surface area contributed by atoms with Gasteiger partial charge in [0.05, 0.1) is 13.1 Å². The fraction of sp³-hybridized carbons (Fsp3) is 0.438. The van der Waals surface area contributed by atoms with E-state index in [1.165, 1.54) is 0 Å². The lowest BCUT2D eigenvalue weighted by atomic mass is 10.1. The molecule has 3 rings (SSSR count). The lowest BCUT2D eigenvalue weighted by Gasteiger charge is -2.12. The monoisotopic (exact) mass is 298 g/mol. The van der Waals surface area contributed by atoms with E-state index in [1.807, 2.05) is 16.8 Å². The van der Waals surface area contributed by atoms with E-state index in [2.05, 4.69) is 44.8 Å². The minimum absolute atomic E-state index is 0.708. The molecule has 6 nitrogen and oxygen atoms in total. The minimum Gasteiger partial charge on any atom is -0.377 e. The van der Waals surface area contributed by atoms with Crippen molar-refractivity contribution in [1.29, 1.82) is 0 Å².